The zero-order chi connectivity index (χ0) is 4.28. The van der Waals surface area contributed by atoms with Crippen LogP contribution in [0.25, 0.3) is 0 Å². The van der Waals surface area contributed by atoms with Gasteiger partial charge in [0.15, 0.2) is 0 Å². The summed E-state index contributed by atoms with van der Waals surface area (Å²) in [6.45, 7) is 1.93. The smallest absolute Gasteiger partial charge is 0.221 e. The highest BCUT2D eigenvalue weighted by molar-refractivity contribution is 4.53. The van der Waals surface area contributed by atoms with E-state index >= 15 is 0 Å². The summed E-state index contributed by atoms with van der Waals surface area (Å²) in [6.07, 6.45) is -1.53. The van der Waals surface area contributed by atoms with Crippen molar-refractivity contribution in [3.8, 4) is 0 Å². The lowest BCUT2D eigenvalue weighted by molar-refractivity contribution is 0.341. The van der Waals surface area contributed by atoms with Gasteiger partial charge in [-0.2, -0.15) is 0 Å². The van der Waals surface area contributed by atoms with Crippen LogP contribution in [0.5, 0.6) is 0 Å². The number of hydrogen-bond acceptors (Lipinski definition) is 0. The van der Waals surface area contributed by atoms with E-state index in [4.69, 9.17) is 0 Å². The van der Waals surface area contributed by atoms with Crippen LogP contribution in [0.4, 0.5) is 8.78 Å². The Morgan fingerprint density at radius 1 is 1.80 bits per heavy atom. The summed E-state index contributed by atoms with van der Waals surface area (Å²) >= 11 is 0. The fourth-order valence-electron chi connectivity index (χ4n) is 0. The molecule has 30 valence electrons. The summed E-state index contributed by atoms with van der Waals surface area (Å²) in [5.41, 5.74) is 0. The van der Waals surface area contributed by atoms with E-state index in [1.54, 1.807) is 0 Å². The SMILES string of the molecule is CC(F)[C]F. The van der Waals surface area contributed by atoms with Gasteiger partial charge in [-0.15, -0.1) is 0 Å². The van der Waals surface area contributed by atoms with Gasteiger partial charge < -0.3 is 0 Å². The van der Waals surface area contributed by atoms with Crippen LogP contribution in [-0.4, -0.2) is 6.17 Å². The van der Waals surface area contributed by atoms with Crippen molar-refractivity contribution in [3.63, 3.8) is 0 Å². The molecule has 0 nitrogen and oxygen atoms in total. The van der Waals surface area contributed by atoms with E-state index in [2.05, 4.69) is 0 Å². The minimum atomic E-state index is -1.53. The van der Waals surface area contributed by atoms with Crippen LogP contribution in [0.1, 0.15) is 6.92 Å². The average Bonchev–Trinajstić information content (AvgIpc) is 1.38. The molecule has 0 aliphatic carbocycles. The third-order valence-corrected chi connectivity index (χ3v) is 0.150. The monoisotopic (exact) mass is 78.0 g/mol. The highest BCUT2D eigenvalue weighted by Gasteiger charge is 1.92. The first kappa shape index (κ1) is 4.86. The second kappa shape index (κ2) is 2.12. The van der Waals surface area contributed by atoms with Crippen molar-refractivity contribution in [1.29, 1.82) is 0 Å². The Morgan fingerprint density at radius 3 is 2.00 bits per heavy atom. The van der Waals surface area contributed by atoms with Gasteiger partial charge in [0.05, 0.1) is 0 Å². The molecule has 1 unspecified atom stereocenters. The molecule has 0 heterocycles. The molecular formula is C3H4F2. The minimum absolute atomic E-state index is 0.861. The summed E-state index contributed by atoms with van der Waals surface area (Å²) in [4.78, 5) is 0. The maximum atomic E-state index is 10.9. The van der Waals surface area contributed by atoms with Crippen molar-refractivity contribution in [2.75, 3.05) is 0 Å². The first-order valence-electron chi connectivity index (χ1n) is 1.27. The number of hydrogen-bond donors (Lipinski definition) is 0. The first-order valence-corrected chi connectivity index (χ1v) is 1.27. The largest absolute Gasteiger partial charge is 0.244 e. The molecule has 0 aromatic rings. The van der Waals surface area contributed by atoms with Crippen LogP contribution in [0.2, 0.25) is 0 Å². The van der Waals surface area contributed by atoms with Gasteiger partial charge in [0.2, 0.25) is 6.67 Å². The van der Waals surface area contributed by atoms with Gasteiger partial charge in [0.25, 0.3) is 0 Å². The summed E-state index contributed by atoms with van der Waals surface area (Å²) in [6, 6.07) is 0. The molecule has 0 N–H and O–H groups in total. The molecule has 0 aromatic carbocycles. The minimum Gasteiger partial charge on any atom is -0.244 e. The van der Waals surface area contributed by atoms with Crippen LogP contribution >= 0.6 is 0 Å². The molecule has 0 spiro atoms. The molecule has 0 fully saturated rings. The van der Waals surface area contributed by atoms with E-state index in [-0.39, 0.29) is 0 Å². The molecule has 5 heavy (non-hydrogen) atoms. The zero-order valence-electron chi connectivity index (χ0n) is 2.83. The molecule has 0 amide bonds. The van der Waals surface area contributed by atoms with Gasteiger partial charge in [-0.05, 0) is 6.92 Å². The van der Waals surface area contributed by atoms with E-state index < -0.39 is 6.17 Å². The first-order chi connectivity index (χ1) is 2.27. The normalized spacial score (nSPS) is 15.0. The summed E-state index contributed by atoms with van der Waals surface area (Å²) in [5.74, 6) is 0. The summed E-state index contributed by atoms with van der Waals surface area (Å²) in [7, 11) is 0. The summed E-state index contributed by atoms with van der Waals surface area (Å²) < 4.78 is 21.4. The molecule has 2 heteroatoms. The Kier molecular flexibility index (Phi) is 2.06. The fraction of sp³-hybridized carbons (Fsp3) is 0.667. The van der Waals surface area contributed by atoms with Crippen LogP contribution < -0.4 is 0 Å². The van der Waals surface area contributed by atoms with Gasteiger partial charge in [-0.1, -0.05) is 0 Å². The Morgan fingerprint density at radius 2 is 2.00 bits per heavy atom. The van der Waals surface area contributed by atoms with Gasteiger partial charge in [-0.3, -0.25) is 0 Å². The lowest BCUT2D eigenvalue weighted by Gasteiger charge is -1.80. The predicted octanol–water partition coefficient (Wildman–Crippen LogP) is 1.35. The van der Waals surface area contributed by atoms with Crippen molar-refractivity contribution in [1.82, 2.24) is 0 Å². The topological polar surface area (TPSA) is 0 Å². The van der Waals surface area contributed by atoms with Crippen molar-refractivity contribution >= 4 is 0 Å². The molecule has 0 bridgehead atoms. The molecule has 2 radical (unpaired) electrons. The van der Waals surface area contributed by atoms with Crippen LogP contribution in [0.3, 0.4) is 0 Å². The Balaban J connectivity index is 2.54. The standard InChI is InChI=1S/C3H4F2/c1-3(5)2-4/h3H,1H3. The predicted molar refractivity (Wildman–Crippen MR) is 14.9 cm³/mol. The maximum Gasteiger partial charge on any atom is 0.221 e. The fourth-order valence-corrected chi connectivity index (χ4v) is 0. The van der Waals surface area contributed by atoms with Gasteiger partial charge in [0, 0.05) is 0 Å². The lowest BCUT2D eigenvalue weighted by Crippen LogP contribution is -1.83. The highest BCUT2D eigenvalue weighted by Crippen LogP contribution is 1.91. The molecule has 0 rings (SSSR count). The molecule has 0 aromatic heterocycles. The van der Waals surface area contributed by atoms with Crippen molar-refractivity contribution in [3.05, 3.63) is 6.67 Å². The third-order valence-electron chi connectivity index (χ3n) is 0.150. The molecule has 0 aliphatic heterocycles. The molecule has 0 saturated carbocycles. The Hall–Kier alpha value is -0.140. The summed E-state index contributed by atoms with van der Waals surface area (Å²) in [5, 5.41) is 0. The lowest BCUT2D eigenvalue weighted by atomic mass is 10.5. The van der Waals surface area contributed by atoms with E-state index in [9.17, 15) is 8.78 Å². The van der Waals surface area contributed by atoms with Crippen LogP contribution in [0.15, 0.2) is 0 Å². The maximum absolute atomic E-state index is 10.9. The number of alkyl halides is 1. The molecular weight excluding hydrogens is 74.0 g/mol. The van der Waals surface area contributed by atoms with Crippen molar-refractivity contribution < 1.29 is 8.78 Å². The molecule has 1 atom stereocenters. The van der Waals surface area contributed by atoms with Crippen LogP contribution in [-0.2, 0) is 0 Å². The molecule has 0 saturated heterocycles. The van der Waals surface area contributed by atoms with Gasteiger partial charge >= 0.3 is 0 Å². The van der Waals surface area contributed by atoms with E-state index in [0.29, 0.717) is 0 Å². The quantitative estimate of drug-likeness (QED) is 0.444. The second-order valence-corrected chi connectivity index (χ2v) is 0.725. The van der Waals surface area contributed by atoms with E-state index in [0.717, 1.165) is 13.6 Å². The van der Waals surface area contributed by atoms with Gasteiger partial charge in [0.1, 0.15) is 6.17 Å². The van der Waals surface area contributed by atoms with E-state index in [1.807, 2.05) is 0 Å². The van der Waals surface area contributed by atoms with Crippen molar-refractivity contribution in [2.24, 2.45) is 0 Å². The van der Waals surface area contributed by atoms with Crippen LogP contribution in [0, 0.1) is 6.67 Å². The zero-order valence-corrected chi connectivity index (χ0v) is 2.83. The third kappa shape index (κ3) is 3.86. The number of rotatable bonds is 1. The Bertz CT molecular complexity index is 18.9. The van der Waals surface area contributed by atoms with Crippen molar-refractivity contribution in [2.45, 2.75) is 13.1 Å². The number of halogens is 2. The average molecular weight is 78.1 g/mol. The van der Waals surface area contributed by atoms with E-state index in [1.165, 1.54) is 0 Å². The van der Waals surface area contributed by atoms with Gasteiger partial charge in [-0.25, -0.2) is 8.78 Å². The molecule has 0 aliphatic rings. The Labute approximate surface area is 29.8 Å². The second-order valence-electron chi connectivity index (χ2n) is 0.725. The highest BCUT2D eigenvalue weighted by atomic mass is 19.2.